The predicted molar refractivity (Wildman–Crippen MR) is 73.2 cm³/mol. The fourth-order valence-electron chi connectivity index (χ4n) is 1.18. The number of thiocarbonyl (C=S) groups is 1. The van der Waals surface area contributed by atoms with Crippen molar-refractivity contribution in [2.45, 2.75) is 0 Å². The second-order valence-electron chi connectivity index (χ2n) is 3.02. The quantitative estimate of drug-likeness (QED) is 0.623. The number of carbonyl (C=O) groups is 1. The molecule has 1 fully saturated rings. The lowest BCUT2D eigenvalue weighted by Gasteiger charge is -2.00. The van der Waals surface area contributed by atoms with Crippen molar-refractivity contribution in [3.63, 3.8) is 0 Å². The van der Waals surface area contributed by atoms with E-state index >= 15 is 0 Å². The summed E-state index contributed by atoms with van der Waals surface area (Å²) >= 11 is 17.8. The van der Waals surface area contributed by atoms with Crippen LogP contribution >= 0.6 is 47.2 Å². The van der Waals surface area contributed by atoms with Gasteiger partial charge in [0.05, 0.1) is 4.91 Å². The summed E-state index contributed by atoms with van der Waals surface area (Å²) in [4.78, 5) is 12.2. The molecule has 1 aromatic carbocycles. The third-order valence-electron chi connectivity index (χ3n) is 1.89. The molecule has 1 aliphatic rings. The lowest BCUT2D eigenvalue weighted by molar-refractivity contribution is 0.265. The van der Waals surface area contributed by atoms with Crippen LogP contribution in [0.2, 0.25) is 10.0 Å². The molecule has 82 valence electrons. The molecular formula is C10H5Cl2NOS2. The molecule has 2 rings (SSSR count). The highest BCUT2D eigenvalue weighted by molar-refractivity contribution is 8.19. The molecule has 1 N–H and O–H groups in total. The number of hydrogen-bond acceptors (Lipinski definition) is 3. The van der Waals surface area contributed by atoms with Gasteiger partial charge in [-0.2, -0.15) is 0 Å². The summed E-state index contributed by atoms with van der Waals surface area (Å²) in [6.07, 6.45) is 1.77. The molecule has 0 bridgehead atoms. The van der Waals surface area contributed by atoms with Crippen LogP contribution < -0.4 is 5.32 Å². The molecule has 1 saturated heterocycles. The monoisotopic (exact) mass is 289 g/mol. The van der Waals surface area contributed by atoms with Crippen LogP contribution in [-0.2, 0) is 0 Å². The highest BCUT2D eigenvalue weighted by atomic mass is 35.5. The SMILES string of the molecule is O=C1NC(=S)/C(=C/c2ccc(Cl)cc2Cl)S1. The van der Waals surface area contributed by atoms with E-state index in [0.29, 0.717) is 19.9 Å². The van der Waals surface area contributed by atoms with Crippen molar-refractivity contribution >= 4 is 63.5 Å². The van der Waals surface area contributed by atoms with E-state index in [0.717, 1.165) is 17.3 Å². The molecular weight excluding hydrogens is 285 g/mol. The standard InChI is InChI=1S/C10H5Cl2NOS2/c11-6-2-1-5(7(12)4-6)3-8-9(15)13-10(14)16-8/h1-4H,(H,13,14,15)/b8-3-. The average Bonchev–Trinajstić information content (AvgIpc) is 2.50. The largest absolute Gasteiger partial charge is 0.307 e. The molecule has 1 heterocycles. The zero-order chi connectivity index (χ0) is 11.7. The Hall–Kier alpha value is -0.550. The van der Waals surface area contributed by atoms with E-state index < -0.39 is 0 Å². The minimum absolute atomic E-state index is 0.165. The second kappa shape index (κ2) is 4.75. The van der Waals surface area contributed by atoms with Gasteiger partial charge in [-0.3, -0.25) is 4.79 Å². The Morgan fingerprint density at radius 2 is 2.12 bits per heavy atom. The topological polar surface area (TPSA) is 29.1 Å². The summed E-state index contributed by atoms with van der Waals surface area (Å²) in [7, 11) is 0. The number of nitrogens with one attached hydrogen (secondary N) is 1. The Labute approximate surface area is 112 Å². The van der Waals surface area contributed by atoms with Gasteiger partial charge in [0, 0.05) is 10.0 Å². The van der Waals surface area contributed by atoms with Crippen molar-refractivity contribution in [3.8, 4) is 0 Å². The highest BCUT2D eigenvalue weighted by Gasteiger charge is 2.21. The van der Waals surface area contributed by atoms with E-state index in [1.54, 1.807) is 24.3 Å². The van der Waals surface area contributed by atoms with Crippen LogP contribution in [0.4, 0.5) is 4.79 Å². The highest BCUT2D eigenvalue weighted by Crippen LogP contribution is 2.29. The number of hydrogen-bond donors (Lipinski definition) is 1. The van der Waals surface area contributed by atoms with Gasteiger partial charge in [-0.1, -0.05) is 41.5 Å². The van der Waals surface area contributed by atoms with Crippen molar-refractivity contribution < 1.29 is 4.79 Å². The van der Waals surface area contributed by atoms with Gasteiger partial charge in [-0.05, 0) is 35.5 Å². The van der Waals surface area contributed by atoms with E-state index in [1.807, 2.05) is 0 Å². The van der Waals surface area contributed by atoms with E-state index in [1.165, 1.54) is 0 Å². The van der Waals surface area contributed by atoms with Crippen LogP contribution in [0.1, 0.15) is 5.56 Å². The molecule has 0 aliphatic carbocycles. The summed E-state index contributed by atoms with van der Waals surface area (Å²) in [6, 6.07) is 5.16. The van der Waals surface area contributed by atoms with Gasteiger partial charge in [-0.25, -0.2) is 0 Å². The third-order valence-corrected chi connectivity index (χ3v) is 3.73. The fourth-order valence-corrected chi connectivity index (χ4v) is 2.67. The summed E-state index contributed by atoms with van der Waals surface area (Å²) in [6.45, 7) is 0. The first-order valence-electron chi connectivity index (χ1n) is 4.26. The lowest BCUT2D eigenvalue weighted by Crippen LogP contribution is -2.15. The van der Waals surface area contributed by atoms with Crippen LogP contribution in [0.15, 0.2) is 23.1 Å². The first-order valence-corrected chi connectivity index (χ1v) is 6.24. The Balaban J connectivity index is 2.36. The Morgan fingerprint density at radius 3 is 2.69 bits per heavy atom. The number of carbonyl (C=O) groups excluding carboxylic acids is 1. The van der Waals surface area contributed by atoms with Crippen molar-refractivity contribution in [2.24, 2.45) is 0 Å². The van der Waals surface area contributed by atoms with E-state index in [4.69, 9.17) is 35.4 Å². The van der Waals surface area contributed by atoms with E-state index in [9.17, 15) is 4.79 Å². The fraction of sp³-hybridized carbons (Fsp3) is 0. The van der Waals surface area contributed by atoms with Gasteiger partial charge in [-0.15, -0.1) is 0 Å². The number of halogens is 2. The van der Waals surface area contributed by atoms with Crippen molar-refractivity contribution in [3.05, 3.63) is 38.7 Å². The molecule has 2 nitrogen and oxygen atoms in total. The molecule has 0 atom stereocenters. The Morgan fingerprint density at radius 1 is 1.38 bits per heavy atom. The van der Waals surface area contributed by atoms with Gasteiger partial charge < -0.3 is 5.32 Å². The zero-order valence-electron chi connectivity index (χ0n) is 7.79. The van der Waals surface area contributed by atoms with E-state index in [2.05, 4.69) is 5.32 Å². The molecule has 0 radical (unpaired) electrons. The molecule has 1 amide bonds. The van der Waals surface area contributed by atoms with Crippen molar-refractivity contribution in [1.82, 2.24) is 5.32 Å². The van der Waals surface area contributed by atoms with Gasteiger partial charge >= 0.3 is 0 Å². The molecule has 1 aliphatic heterocycles. The van der Waals surface area contributed by atoms with Crippen molar-refractivity contribution in [2.75, 3.05) is 0 Å². The molecule has 0 saturated carbocycles. The smallest absolute Gasteiger partial charge is 0.289 e. The number of amides is 1. The number of rotatable bonds is 1. The first-order chi connectivity index (χ1) is 7.56. The minimum Gasteiger partial charge on any atom is -0.307 e. The average molecular weight is 290 g/mol. The normalized spacial score (nSPS) is 18.0. The summed E-state index contributed by atoms with van der Waals surface area (Å²) < 4.78 is 0. The molecule has 1 aromatic rings. The van der Waals surface area contributed by atoms with Crippen LogP contribution in [0.3, 0.4) is 0 Å². The molecule has 6 heteroatoms. The van der Waals surface area contributed by atoms with Gasteiger partial charge in [0.2, 0.25) is 0 Å². The predicted octanol–water partition coefficient (Wildman–Crippen LogP) is 4.12. The maximum Gasteiger partial charge on any atom is 0.289 e. The number of thioether (sulfide) groups is 1. The molecule has 16 heavy (non-hydrogen) atoms. The van der Waals surface area contributed by atoms with Crippen LogP contribution in [0, 0.1) is 0 Å². The number of benzene rings is 1. The first kappa shape index (κ1) is 11.9. The third kappa shape index (κ3) is 2.58. The lowest BCUT2D eigenvalue weighted by atomic mass is 10.2. The van der Waals surface area contributed by atoms with Crippen molar-refractivity contribution in [1.29, 1.82) is 0 Å². The molecule has 0 aromatic heterocycles. The zero-order valence-corrected chi connectivity index (χ0v) is 10.9. The van der Waals surface area contributed by atoms with Crippen LogP contribution in [0.5, 0.6) is 0 Å². The summed E-state index contributed by atoms with van der Waals surface area (Å²) in [5, 5.41) is 3.47. The van der Waals surface area contributed by atoms with Gasteiger partial charge in [0.1, 0.15) is 4.99 Å². The molecule has 0 unspecified atom stereocenters. The summed E-state index contributed by atoms with van der Waals surface area (Å²) in [5.74, 6) is 0. The second-order valence-corrected chi connectivity index (χ2v) is 5.28. The van der Waals surface area contributed by atoms with Gasteiger partial charge in [0.25, 0.3) is 5.24 Å². The summed E-state index contributed by atoms with van der Waals surface area (Å²) in [5.41, 5.74) is 0.785. The van der Waals surface area contributed by atoms with E-state index in [-0.39, 0.29) is 5.24 Å². The Kier molecular flexibility index (Phi) is 3.54. The van der Waals surface area contributed by atoms with Crippen LogP contribution in [0.25, 0.3) is 6.08 Å². The van der Waals surface area contributed by atoms with Gasteiger partial charge in [0.15, 0.2) is 0 Å². The molecule has 0 spiro atoms. The minimum atomic E-state index is -0.165. The maximum absolute atomic E-state index is 11.1. The van der Waals surface area contributed by atoms with Crippen LogP contribution in [-0.4, -0.2) is 10.2 Å². The maximum atomic E-state index is 11.1. The Bertz CT molecular complexity index is 514.